The summed E-state index contributed by atoms with van der Waals surface area (Å²) in [6, 6.07) is 7.44. The van der Waals surface area contributed by atoms with Crippen LogP contribution in [0.1, 0.15) is 4.88 Å². The number of thiophene rings is 1. The largest absolute Gasteiger partial charge is 0.504 e. The van der Waals surface area contributed by atoms with Gasteiger partial charge < -0.3 is 5.11 Å². The zero-order valence-electron chi connectivity index (χ0n) is 8.58. The molecule has 3 aromatic rings. The first kappa shape index (κ1) is 9.35. The van der Waals surface area contributed by atoms with E-state index >= 15 is 0 Å². The molecule has 0 aliphatic rings. The zero-order chi connectivity index (χ0) is 11.1. The van der Waals surface area contributed by atoms with Crippen molar-refractivity contribution in [2.45, 2.75) is 6.92 Å². The summed E-state index contributed by atoms with van der Waals surface area (Å²) in [5.41, 5.74) is 0.489. The van der Waals surface area contributed by atoms with E-state index in [1.807, 2.05) is 18.3 Å². The Morgan fingerprint density at radius 3 is 2.88 bits per heavy atom. The van der Waals surface area contributed by atoms with Crippen LogP contribution in [0.2, 0.25) is 0 Å². The van der Waals surface area contributed by atoms with Crippen LogP contribution in [-0.4, -0.2) is 19.7 Å². The number of rotatable bonds is 1. The van der Waals surface area contributed by atoms with Crippen LogP contribution in [0.15, 0.2) is 30.5 Å². The lowest BCUT2D eigenvalue weighted by atomic mass is 10.4. The highest BCUT2D eigenvalue weighted by atomic mass is 32.1. The predicted octanol–water partition coefficient (Wildman–Crippen LogP) is 2.47. The van der Waals surface area contributed by atoms with Crippen molar-refractivity contribution < 1.29 is 5.11 Å². The average Bonchev–Trinajstić information content (AvgIpc) is 2.84. The molecule has 0 radical (unpaired) electrons. The Labute approximate surface area is 95.8 Å². The Morgan fingerprint density at radius 2 is 2.12 bits per heavy atom. The van der Waals surface area contributed by atoms with Crippen LogP contribution in [0.5, 0.6) is 5.75 Å². The minimum absolute atomic E-state index is 0.148. The number of fused-ring (bicyclic) bond motifs is 1. The van der Waals surface area contributed by atoms with Crippen LogP contribution in [0.4, 0.5) is 0 Å². The minimum atomic E-state index is 0.148. The maximum Gasteiger partial charge on any atom is 0.203 e. The van der Waals surface area contributed by atoms with Crippen LogP contribution in [0.3, 0.4) is 0 Å². The summed E-state index contributed by atoms with van der Waals surface area (Å²) in [7, 11) is 0. The fourth-order valence-corrected chi connectivity index (χ4v) is 2.47. The SMILES string of the molecule is Cc1ccc(-c2nnc3c(O)cccn23)s1. The van der Waals surface area contributed by atoms with Crippen molar-refractivity contribution in [2.75, 3.05) is 0 Å². The van der Waals surface area contributed by atoms with Crippen LogP contribution in [0.25, 0.3) is 16.3 Å². The van der Waals surface area contributed by atoms with E-state index in [1.165, 1.54) is 4.88 Å². The maximum atomic E-state index is 9.62. The molecule has 3 aromatic heterocycles. The quantitative estimate of drug-likeness (QED) is 0.700. The molecule has 0 atom stereocenters. The molecular formula is C11H9N3OS. The number of aromatic hydroxyl groups is 1. The molecule has 1 N–H and O–H groups in total. The standard InChI is InChI=1S/C11H9N3OS/c1-7-4-5-9(16-7)11-13-12-10-8(15)3-2-6-14(10)11/h2-6,15H,1H3. The molecule has 0 aliphatic heterocycles. The Bertz CT molecular complexity index is 656. The topological polar surface area (TPSA) is 50.4 Å². The van der Waals surface area contributed by atoms with Gasteiger partial charge in [-0.2, -0.15) is 0 Å². The van der Waals surface area contributed by atoms with Crippen LogP contribution < -0.4 is 0 Å². The molecule has 4 nitrogen and oxygen atoms in total. The van der Waals surface area contributed by atoms with E-state index in [2.05, 4.69) is 17.1 Å². The van der Waals surface area contributed by atoms with Crippen LogP contribution in [0, 0.1) is 6.92 Å². The van der Waals surface area contributed by atoms with E-state index in [-0.39, 0.29) is 5.75 Å². The summed E-state index contributed by atoms with van der Waals surface area (Å²) >= 11 is 1.66. The second kappa shape index (κ2) is 3.31. The molecule has 3 rings (SSSR count). The van der Waals surface area contributed by atoms with Crippen molar-refractivity contribution in [3.05, 3.63) is 35.3 Å². The van der Waals surface area contributed by atoms with E-state index in [1.54, 1.807) is 27.9 Å². The molecule has 0 unspecified atom stereocenters. The van der Waals surface area contributed by atoms with Gasteiger partial charge in [-0.1, -0.05) is 0 Å². The predicted molar refractivity (Wildman–Crippen MR) is 62.7 cm³/mol. The molecule has 0 bridgehead atoms. The normalized spacial score (nSPS) is 11.1. The fourth-order valence-electron chi connectivity index (χ4n) is 1.62. The molecule has 5 heteroatoms. The molecule has 80 valence electrons. The summed E-state index contributed by atoms with van der Waals surface area (Å²) in [5.74, 6) is 0.915. The molecule has 0 spiro atoms. The summed E-state index contributed by atoms with van der Waals surface area (Å²) in [4.78, 5) is 2.28. The monoisotopic (exact) mass is 231 g/mol. The molecule has 16 heavy (non-hydrogen) atoms. The Kier molecular flexibility index (Phi) is 1.94. The van der Waals surface area contributed by atoms with Crippen molar-refractivity contribution in [3.63, 3.8) is 0 Å². The lowest BCUT2D eigenvalue weighted by Crippen LogP contribution is -1.86. The van der Waals surface area contributed by atoms with Crippen molar-refractivity contribution in [2.24, 2.45) is 0 Å². The smallest absolute Gasteiger partial charge is 0.203 e. The molecular weight excluding hydrogens is 222 g/mol. The average molecular weight is 231 g/mol. The first-order valence-corrected chi connectivity index (χ1v) is 5.67. The van der Waals surface area contributed by atoms with Crippen molar-refractivity contribution in [1.82, 2.24) is 14.6 Å². The lowest BCUT2D eigenvalue weighted by Gasteiger charge is -1.97. The summed E-state index contributed by atoms with van der Waals surface area (Å²) in [6.07, 6.45) is 1.85. The number of nitrogens with zero attached hydrogens (tertiary/aromatic N) is 3. The highest BCUT2D eigenvalue weighted by molar-refractivity contribution is 7.15. The van der Waals surface area contributed by atoms with Gasteiger partial charge in [-0.3, -0.25) is 4.40 Å². The number of hydrogen-bond acceptors (Lipinski definition) is 4. The van der Waals surface area contributed by atoms with Gasteiger partial charge in [0.25, 0.3) is 0 Å². The number of aromatic nitrogens is 3. The van der Waals surface area contributed by atoms with Gasteiger partial charge in [0.1, 0.15) is 0 Å². The molecule has 3 heterocycles. The van der Waals surface area contributed by atoms with Gasteiger partial charge in [0.2, 0.25) is 5.65 Å². The lowest BCUT2D eigenvalue weighted by molar-refractivity contribution is 0.477. The van der Waals surface area contributed by atoms with Gasteiger partial charge in [-0.15, -0.1) is 21.5 Å². The Balaban J connectivity index is 2.29. The van der Waals surface area contributed by atoms with Crippen molar-refractivity contribution in [1.29, 1.82) is 0 Å². The summed E-state index contributed by atoms with van der Waals surface area (Å²) < 4.78 is 1.79. The van der Waals surface area contributed by atoms with Gasteiger partial charge in [-0.05, 0) is 31.2 Å². The number of aryl methyl sites for hydroxylation is 1. The third kappa shape index (κ3) is 1.29. The molecule has 0 amide bonds. The second-order valence-corrected chi connectivity index (χ2v) is 4.81. The summed E-state index contributed by atoms with van der Waals surface area (Å²) in [5, 5.41) is 17.7. The molecule has 0 aliphatic carbocycles. The van der Waals surface area contributed by atoms with Gasteiger partial charge in [0, 0.05) is 11.1 Å². The van der Waals surface area contributed by atoms with Crippen LogP contribution >= 0.6 is 11.3 Å². The number of pyridine rings is 1. The van der Waals surface area contributed by atoms with Gasteiger partial charge in [0.15, 0.2) is 11.6 Å². The first-order chi connectivity index (χ1) is 7.75. The number of hydrogen-bond donors (Lipinski definition) is 1. The maximum absolute atomic E-state index is 9.62. The second-order valence-electron chi connectivity index (χ2n) is 3.52. The first-order valence-electron chi connectivity index (χ1n) is 4.85. The third-order valence-electron chi connectivity index (χ3n) is 2.37. The summed E-state index contributed by atoms with van der Waals surface area (Å²) in [6.45, 7) is 2.05. The van der Waals surface area contributed by atoms with E-state index in [9.17, 15) is 5.11 Å². The Hall–Kier alpha value is -1.88. The van der Waals surface area contributed by atoms with E-state index in [4.69, 9.17) is 0 Å². The zero-order valence-corrected chi connectivity index (χ0v) is 9.40. The van der Waals surface area contributed by atoms with Gasteiger partial charge >= 0.3 is 0 Å². The van der Waals surface area contributed by atoms with E-state index < -0.39 is 0 Å². The highest BCUT2D eigenvalue weighted by Crippen LogP contribution is 2.28. The van der Waals surface area contributed by atoms with Crippen LogP contribution in [-0.2, 0) is 0 Å². The minimum Gasteiger partial charge on any atom is -0.504 e. The third-order valence-corrected chi connectivity index (χ3v) is 3.37. The fraction of sp³-hybridized carbons (Fsp3) is 0.0909. The molecule has 0 fully saturated rings. The molecule has 0 saturated heterocycles. The van der Waals surface area contributed by atoms with E-state index in [0.29, 0.717) is 5.65 Å². The van der Waals surface area contributed by atoms with Crippen molar-refractivity contribution >= 4 is 17.0 Å². The molecule has 0 saturated carbocycles. The van der Waals surface area contributed by atoms with Crippen molar-refractivity contribution in [3.8, 4) is 16.5 Å². The highest BCUT2D eigenvalue weighted by Gasteiger charge is 2.11. The van der Waals surface area contributed by atoms with Gasteiger partial charge in [0.05, 0.1) is 4.88 Å². The molecule has 0 aromatic carbocycles. The van der Waals surface area contributed by atoms with E-state index in [0.717, 1.165) is 10.7 Å². The van der Waals surface area contributed by atoms with Gasteiger partial charge in [-0.25, -0.2) is 0 Å². The Morgan fingerprint density at radius 1 is 1.25 bits per heavy atom.